The van der Waals surface area contributed by atoms with Gasteiger partial charge in [-0.05, 0) is 12.5 Å². The first-order valence-electron chi connectivity index (χ1n) is 6.37. The number of carbonyl (C=O) groups excluding carboxylic acids is 1. The average molecular weight is 277 g/mol. The molecule has 1 amide bonds. The second-order valence-electron chi connectivity index (χ2n) is 4.17. The lowest BCUT2D eigenvalue weighted by molar-refractivity contribution is 0.0946. The number of H-pyrrole nitrogens is 1. The van der Waals surface area contributed by atoms with Crippen molar-refractivity contribution in [1.29, 1.82) is 0 Å². The molecule has 2 aromatic rings. The molecule has 0 aliphatic heterocycles. The molecule has 0 saturated carbocycles. The molecule has 0 radical (unpaired) electrons. The highest BCUT2D eigenvalue weighted by molar-refractivity contribution is 5.95. The van der Waals surface area contributed by atoms with Gasteiger partial charge in [-0.2, -0.15) is 0 Å². The van der Waals surface area contributed by atoms with E-state index in [0.717, 1.165) is 6.42 Å². The summed E-state index contributed by atoms with van der Waals surface area (Å²) in [6.07, 6.45) is 5.49. The van der Waals surface area contributed by atoms with E-state index in [0.29, 0.717) is 12.4 Å². The summed E-state index contributed by atoms with van der Waals surface area (Å²) in [4.78, 5) is 22.6. The first-order chi connectivity index (χ1) is 9.72. The number of carbonyl (C=O) groups is 1. The van der Waals surface area contributed by atoms with Crippen LogP contribution in [0, 0.1) is 5.82 Å². The van der Waals surface area contributed by atoms with Gasteiger partial charge in [-0.1, -0.05) is 6.92 Å². The van der Waals surface area contributed by atoms with Gasteiger partial charge < -0.3 is 15.6 Å². The van der Waals surface area contributed by atoms with Gasteiger partial charge in [0, 0.05) is 25.1 Å². The Bertz CT molecular complexity index is 570. The molecule has 7 heteroatoms. The zero-order valence-corrected chi connectivity index (χ0v) is 11.1. The van der Waals surface area contributed by atoms with Gasteiger partial charge in [0.2, 0.25) is 0 Å². The SMILES string of the molecule is CCCNc1nccc(C(=O)NCc2ncc[nH]2)c1F. The fourth-order valence-electron chi connectivity index (χ4n) is 1.64. The third kappa shape index (κ3) is 3.31. The Balaban J connectivity index is 2.05. The lowest BCUT2D eigenvalue weighted by atomic mass is 10.2. The van der Waals surface area contributed by atoms with Crippen LogP contribution in [0.4, 0.5) is 10.2 Å². The van der Waals surface area contributed by atoms with Crippen molar-refractivity contribution >= 4 is 11.7 Å². The van der Waals surface area contributed by atoms with E-state index >= 15 is 0 Å². The summed E-state index contributed by atoms with van der Waals surface area (Å²) in [5.41, 5.74) is -0.0369. The van der Waals surface area contributed by atoms with Crippen molar-refractivity contribution in [2.24, 2.45) is 0 Å². The number of nitrogens with one attached hydrogen (secondary N) is 3. The Labute approximate surface area is 115 Å². The third-order valence-corrected chi connectivity index (χ3v) is 2.65. The van der Waals surface area contributed by atoms with Crippen molar-refractivity contribution < 1.29 is 9.18 Å². The van der Waals surface area contributed by atoms with E-state index in [1.54, 1.807) is 12.4 Å². The van der Waals surface area contributed by atoms with Crippen LogP contribution in [0.3, 0.4) is 0 Å². The van der Waals surface area contributed by atoms with Crippen LogP contribution in [0.5, 0.6) is 0 Å². The number of pyridine rings is 1. The van der Waals surface area contributed by atoms with Crippen molar-refractivity contribution in [1.82, 2.24) is 20.3 Å². The summed E-state index contributed by atoms with van der Waals surface area (Å²) < 4.78 is 14.1. The van der Waals surface area contributed by atoms with Gasteiger partial charge in [-0.15, -0.1) is 0 Å². The number of imidazole rings is 1. The lowest BCUT2D eigenvalue weighted by Crippen LogP contribution is -2.25. The van der Waals surface area contributed by atoms with Gasteiger partial charge in [0.05, 0.1) is 12.1 Å². The largest absolute Gasteiger partial charge is 0.368 e. The van der Waals surface area contributed by atoms with Gasteiger partial charge in [0.25, 0.3) is 5.91 Å². The lowest BCUT2D eigenvalue weighted by Gasteiger charge is -2.09. The van der Waals surface area contributed by atoms with Crippen LogP contribution < -0.4 is 10.6 Å². The molecule has 0 aromatic carbocycles. The molecule has 0 fully saturated rings. The predicted molar refractivity (Wildman–Crippen MR) is 72.7 cm³/mol. The highest BCUT2D eigenvalue weighted by atomic mass is 19.1. The van der Waals surface area contributed by atoms with Crippen molar-refractivity contribution in [3.05, 3.63) is 41.9 Å². The molecule has 6 nitrogen and oxygen atoms in total. The van der Waals surface area contributed by atoms with Crippen LogP contribution in [0.15, 0.2) is 24.7 Å². The number of hydrogen-bond acceptors (Lipinski definition) is 4. The molecule has 0 unspecified atom stereocenters. The summed E-state index contributed by atoms with van der Waals surface area (Å²) in [6, 6.07) is 1.35. The smallest absolute Gasteiger partial charge is 0.254 e. The first kappa shape index (κ1) is 14.0. The minimum Gasteiger partial charge on any atom is -0.368 e. The predicted octanol–water partition coefficient (Wildman–Crippen LogP) is 1.70. The molecule has 0 aliphatic carbocycles. The number of rotatable bonds is 6. The summed E-state index contributed by atoms with van der Waals surface area (Å²) in [5.74, 6) is -0.437. The molecule has 0 atom stereocenters. The van der Waals surface area contributed by atoms with Gasteiger partial charge in [0.1, 0.15) is 5.82 Å². The Hall–Kier alpha value is -2.44. The zero-order chi connectivity index (χ0) is 14.4. The van der Waals surface area contributed by atoms with E-state index in [-0.39, 0.29) is 17.9 Å². The highest BCUT2D eigenvalue weighted by Gasteiger charge is 2.15. The average Bonchev–Trinajstić information content (AvgIpc) is 2.97. The number of halogens is 1. The normalized spacial score (nSPS) is 10.3. The first-order valence-corrected chi connectivity index (χ1v) is 6.37. The second kappa shape index (κ2) is 6.65. The molecule has 3 N–H and O–H groups in total. The van der Waals surface area contributed by atoms with Crippen LogP contribution in [-0.4, -0.2) is 27.4 Å². The van der Waals surface area contributed by atoms with Crippen molar-refractivity contribution in [3.8, 4) is 0 Å². The van der Waals surface area contributed by atoms with E-state index in [2.05, 4.69) is 25.6 Å². The minimum atomic E-state index is -0.641. The second-order valence-corrected chi connectivity index (χ2v) is 4.17. The van der Waals surface area contributed by atoms with Gasteiger partial charge in [0.15, 0.2) is 11.6 Å². The molecule has 0 aliphatic rings. The molecule has 20 heavy (non-hydrogen) atoms. The Morgan fingerprint density at radius 3 is 2.95 bits per heavy atom. The van der Waals surface area contributed by atoms with Gasteiger partial charge in [-0.3, -0.25) is 4.79 Å². The fraction of sp³-hybridized carbons (Fsp3) is 0.308. The maximum Gasteiger partial charge on any atom is 0.254 e. The number of amides is 1. The number of aromatic nitrogens is 3. The van der Waals surface area contributed by atoms with Crippen LogP contribution in [0.1, 0.15) is 29.5 Å². The maximum absolute atomic E-state index is 14.1. The number of aromatic amines is 1. The van der Waals surface area contributed by atoms with E-state index in [4.69, 9.17) is 0 Å². The van der Waals surface area contributed by atoms with Crippen molar-refractivity contribution in [2.45, 2.75) is 19.9 Å². The minimum absolute atomic E-state index is 0.0369. The van der Waals surface area contributed by atoms with Gasteiger partial charge in [-0.25, -0.2) is 14.4 Å². The maximum atomic E-state index is 14.1. The molecule has 2 heterocycles. The van der Waals surface area contributed by atoms with Crippen LogP contribution >= 0.6 is 0 Å². The Morgan fingerprint density at radius 2 is 2.25 bits per heavy atom. The van der Waals surface area contributed by atoms with Crippen LogP contribution in [0.2, 0.25) is 0 Å². The van der Waals surface area contributed by atoms with Crippen LogP contribution in [0.25, 0.3) is 0 Å². The molecular formula is C13H16FN5O. The van der Waals surface area contributed by atoms with E-state index in [1.165, 1.54) is 12.3 Å². The van der Waals surface area contributed by atoms with E-state index in [1.807, 2.05) is 6.92 Å². The monoisotopic (exact) mass is 277 g/mol. The topological polar surface area (TPSA) is 82.7 Å². The molecule has 0 bridgehead atoms. The fourth-order valence-corrected chi connectivity index (χ4v) is 1.64. The molecular weight excluding hydrogens is 261 g/mol. The summed E-state index contributed by atoms with van der Waals surface area (Å²) in [5, 5.41) is 5.44. The number of anilines is 1. The van der Waals surface area contributed by atoms with Crippen LogP contribution in [-0.2, 0) is 6.54 Å². The quantitative estimate of drug-likeness (QED) is 0.750. The number of nitrogens with zero attached hydrogens (tertiary/aromatic N) is 2. The third-order valence-electron chi connectivity index (χ3n) is 2.65. The standard InChI is InChI=1S/C13H16FN5O/c1-2-4-17-12-11(14)9(3-5-18-12)13(20)19-8-10-15-6-7-16-10/h3,5-7H,2,4,8H2,1H3,(H,15,16)(H,17,18)(H,19,20). The summed E-state index contributed by atoms with van der Waals surface area (Å²) >= 11 is 0. The number of hydrogen-bond donors (Lipinski definition) is 3. The highest BCUT2D eigenvalue weighted by Crippen LogP contribution is 2.15. The molecule has 0 spiro atoms. The molecule has 0 saturated heterocycles. The molecule has 2 aromatic heterocycles. The molecule has 106 valence electrons. The summed E-state index contributed by atoms with van der Waals surface area (Å²) in [6.45, 7) is 2.78. The summed E-state index contributed by atoms with van der Waals surface area (Å²) in [7, 11) is 0. The van der Waals surface area contributed by atoms with Gasteiger partial charge >= 0.3 is 0 Å². The van der Waals surface area contributed by atoms with Crippen molar-refractivity contribution in [3.63, 3.8) is 0 Å². The Kier molecular flexibility index (Phi) is 4.65. The van der Waals surface area contributed by atoms with Crippen molar-refractivity contribution in [2.75, 3.05) is 11.9 Å². The molecule has 2 rings (SSSR count). The van der Waals surface area contributed by atoms with E-state index < -0.39 is 11.7 Å². The zero-order valence-electron chi connectivity index (χ0n) is 11.1. The Morgan fingerprint density at radius 1 is 1.40 bits per heavy atom. The van der Waals surface area contributed by atoms with E-state index in [9.17, 15) is 9.18 Å².